The lowest BCUT2D eigenvalue weighted by Crippen LogP contribution is -2.38. The maximum absolute atomic E-state index is 12.9. The Balaban J connectivity index is 2.40. The lowest BCUT2D eigenvalue weighted by molar-refractivity contribution is 0.557. The highest BCUT2D eigenvalue weighted by Gasteiger charge is 2.33. The summed E-state index contributed by atoms with van der Waals surface area (Å²) in [6, 6.07) is 6.62. The number of azo groups is 1. The van der Waals surface area contributed by atoms with E-state index in [9.17, 15) is 16.8 Å². The number of amidine groups is 1. The molecule has 1 aliphatic rings. The number of hydrogen-bond donors (Lipinski definition) is 4. The van der Waals surface area contributed by atoms with E-state index in [1.165, 1.54) is 13.0 Å². The zero-order chi connectivity index (χ0) is 22.1. The molecule has 2 aromatic rings. The molecule has 1 aliphatic heterocycles. The third kappa shape index (κ3) is 4.36. The predicted molar refractivity (Wildman–Crippen MR) is 111 cm³/mol. The van der Waals surface area contributed by atoms with E-state index < -0.39 is 35.9 Å². The molecular formula is C16H20N8O4S2. The van der Waals surface area contributed by atoms with Crippen LogP contribution in [0, 0.1) is 0 Å². The first kappa shape index (κ1) is 21.9. The van der Waals surface area contributed by atoms with Crippen molar-refractivity contribution in [1.82, 2.24) is 9.71 Å². The molecule has 0 radical (unpaired) electrons. The second kappa shape index (κ2) is 8.16. The molecule has 12 nitrogen and oxygen atoms in total. The quantitative estimate of drug-likeness (QED) is 0.443. The number of sulfonamides is 2. The Labute approximate surface area is 173 Å². The highest BCUT2D eigenvalue weighted by molar-refractivity contribution is 7.92. The van der Waals surface area contributed by atoms with Crippen LogP contribution in [-0.4, -0.2) is 46.9 Å². The first-order chi connectivity index (χ1) is 14.0. The highest BCUT2D eigenvalue weighted by atomic mass is 32.2. The number of rotatable bonds is 7. The molecule has 2 heterocycles. The van der Waals surface area contributed by atoms with Gasteiger partial charge in [0.05, 0.1) is 11.3 Å². The Hall–Kier alpha value is -2.78. The molecule has 0 bridgehead atoms. The number of primary sulfonamides is 1. The molecule has 1 aromatic carbocycles. The Morgan fingerprint density at radius 2 is 1.90 bits per heavy atom. The van der Waals surface area contributed by atoms with Crippen molar-refractivity contribution >= 4 is 31.7 Å². The van der Waals surface area contributed by atoms with Crippen LogP contribution >= 0.6 is 0 Å². The number of nitrogen functional groups attached to an aromatic ring is 1. The maximum Gasteiger partial charge on any atom is 0.242 e. The molecule has 3 rings (SSSR count). The van der Waals surface area contributed by atoms with Crippen LogP contribution in [0.15, 0.2) is 55.3 Å². The number of benzene rings is 1. The van der Waals surface area contributed by atoms with Gasteiger partial charge in [-0.05, 0) is 25.1 Å². The maximum atomic E-state index is 12.9. The average Bonchev–Trinajstić information content (AvgIpc) is 3.20. The molecule has 0 saturated heterocycles. The van der Waals surface area contributed by atoms with E-state index >= 15 is 0 Å². The number of anilines is 1. The summed E-state index contributed by atoms with van der Waals surface area (Å²) >= 11 is 0. The standard InChI is InChI=1S/C16H20N8O4S2/c1-9(7-17)24-30(27,28)12-6-5-10(11-3-2-4-13(18)22-11)14(15(12)29(19,25)26)16-20-8-21-23-16/h2-6,9,24H,7-8,17H2,1H3,(H2,18,22)(H2,19,25,26)/t9-/m1/s1. The molecule has 160 valence electrons. The average molecular weight is 453 g/mol. The Kier molecular flexibility index (Phi) is 5.96. The second-order valence-corrected chi connectivity index (χ2v) is 9.61. The van der Waals surface area contributed by atoms with E-state index in [2.05, 4.69) is 24.9 Å². The molecule has 0 amide bonds. The number of nitrogens with one attached hydrogen (secondary N) is 1. The van der Waals surface area contributed by atoms with Crippen LogP contribution < -0.4 is 21.3 Å². The molecule has 0 spiro atoms. The summed E-state index contributed by atoms with van der Waals surface area (Å²) < 4.78 is 53.3. The molecule has 1 aromatic heterocycles. The van der Waals surface area contributed by atoms with Gasteiger partial charge in [-0.15, -0.1) is 5.11 Å². The van der Waals surface area contributed by atoms with E-state index in [4.69, 9.17) is 16.6 Å². The van der Waals surface area contributed by atoms with Gasteiger partial charge in [-0.1, -0.05) is 12.1 Å². The van der Waals surface area contributed by atoms with Crippen molar-refractivity contribution in [2.75, 3.05) is 18.9 Å². The van der Waals surface area contributed by atoms with E-state index in [0.717, 1.165) is 6.07 Å². The topological polar surface area (TPSA) is 208 Å². The number of pyridine rings is 1. The van der Waals surface area contributed by atoms with Crippen LogP contribution in [0.25, 0.3) is 11.3 Å². The molecule has 0 unspecified atom stereocenters. The van der Waals surface area contributed by atoms with Crippen molar-refractivity contribution in [1.29, 1.82) is 0 Å². The highest BCUT2D eigenvalue weighted by Crippen LogP contribution is 2.34. The first-order valence-corrected chi connectivity index (χ1v) is 11.6. The largest absolute Gasteiger partial charge is 0.384 e. The fraction of sp³-hybridized carbons (Fsp3) is 0.250. The summed E-state index contributed by atoms with van der Waals surface area (Å²) in [5, 5.41) is 13.0. The van der Waals surface area contributed by atoms with Gasteiger partial charge in [0.1, 0.15) is 15.6 Å². The van der Waals surface area contributed by atoms with Gasteiger partial charge in [0.2, 0.25) is 20.0 Å². The SMILES string of the molecule is C[C@H](CN)NS(=O)(=O)c1ccc(-c2cccc(N)n2)c(C2=NCN=N2)c1S(N)(=O)=O. The van der Waals surface area contributed by atoms with Gasteiger partial charge in [-0.25, -0.2) is 36.7 Å². The number of nitrogens with two attached hydrogens (primary N) is 3. The Morgan fingerprint density at radius 3 is 2.47 bits per heavy atom. The molecule has 30 heavy (non-hydrogen) atoms. The molecule has 1 atom stereocenters. The molecule has 0 aliphatic carbocycles. The van der Waals surface area contributed by atoms with Crippen LogP contribution in [0.2, 0.25) is 0 Å². The minimum atomic E-state index is -4.56. The fourth-order valence-corrected chi connectivity index (χ4v) is 5.69. The number of aromatic nitrogens is 1. The molecule has 14 heteroatoms. The summed E-state index contributed by atoms with van der Waals surface area (Å²) in [4.78, 5) is 7.02. The summed E-state index contributed by atoms with van der Waals surface area (Å²) in [5.74, 6) is 0.0999. The Morgan fingerprint density at radius 1 is 1.17 bits per heavy atom. The van der Waals surface area contributed by atoms with Gasteiger partial charge in [-0.2, -0.15) is 5.11 Å². The van der Waals surface area contributed by atoms with Gasteiger partial charge in [0.15, 0.2) is 12.5 Å². The van der Waals surface area contributed by atoms with Crippen molar-refractivity contribution in [3.05, 3.63) is 35.9 Å². The molecule has 0 saturated carbocycles. The van der Waals surface area contributed by atoms with Gasteiger partial charge >= 0.3 is 0 Å². The minimum absolute atomic E-state index is 0.00299. The minimum Gasteiger partial charge on any atom is -0.384 e. The van der Waals surface area contributed by atoms with Gasteiger partial charge in [0, 0.05) is 18.2 Å². The predicted octanol–water partition coefficient (Wildman–Crippen LogP) is -0.226. The van der Waals surface area contributed by atoms with Crippen molar-refractivity contribution in [2.45, 2.75) is 22.8 Å². The van der Waals surface area contributed by atoms with Crippen LogP contribution in [-0.2, 0) is 20.0 Å². The van der Waals surface area contributed by atoms with Gasteiger partial charge in [0.25, 0.3) is 0 Å². The third-order valence-corrected chi connectivity index (χ3v) is 6.88. The van der Waals surface area contributed by atoms with Crippen LogP contribution in [0.4, 0.5) is 5.82 Å². The number of nitrogens with zero attached hydrogens (tertiary/aromatic N) is 4. The van der Waals surface area contributed by atoms with E-state index in [1.807, 2.05) is 0 Å². The molecule has 0 fully saturated rings. The molecular weight excluding hydrogens is 432 g/mol. The van der Waals surface area contributed by atoms with Crippen molar-refractivity contribution in [3.8, 4) is 11.3 Å². The lowest BCUT2D eigenvalue weighted by Gasteiger charge is -2.18. The summed E-state index contributed by atoms with van der Waals surface area (Å²) in [5.41, 5.74) is 11.6. The second-order valence-electron chi connectivity index (χ2n) is 6.43. The zero-order valence-electron chi connectivity index (χ0n) is 15.8. The summed E-state index contributed by atoms with van der Waals surface area (Å²) in [6.07, 6.45) is 0. The monoisotopic (exact) mass is 452 g/mol. The van der Waals surface area contributed by atoms with Crippen LogP contribution in [0.1, 0.15) is 12.5 Å². The summed E-state index contributed by atoms with van der Waals surface area (Å²) in [6.45, 7) is 1.50. The molecule has 7 N–H and O–H groups in total. The van der Waals surface area contributed by atoms with E-state index in [-0.39, 0.29) is 41.7 Å². The van der Waals surface area contributed by atoms with E-state index in [1.54, 1.807) is 18.2 Å². The zero-order valence-corrected chi connectivity index (χ0v) is 17.5. The lowest BCUT2D eigenvalue weighted by atomic mass is 10.0. The Bertz CT molecular complexity index is 1260. The first-order valence-electron chi connectivity index (χ1n) is 8.62. The fourth-order valence-electron chi connectivity index (χ4n) is 2.83. The van der Waals surface area contributed by atoms with Gasteiger partial charge < -0.3 is 11.5 Å². The van der Waals surface area contributed by atoms with E-state index in [0.29, 0.717) is 0 Å². The van der Waals surface area contributed by atoms with Crippen molar-refractivity contribution in [3.63, 3.8) is 0 Å². The smallest absolute Gasteiger partial charge is 0.242 e. The normalized spacial score (nSPS) is 15.2. The van der Waals surface area contributed by atoms with Crippen molar-refractivity contribution < 1.29 is 16.8 Å². The summed E-state index contributed by atoms with van der Waals surface area (Å²) in [7, 11) is -8.87. The van der Waals surface area contributed by atoms with Crippen LogP contribution in [0.5, 0.6) is 0 Å². The van der Waals surface area contributed by atoms with Crippen molar-refractivity contribution in [2.24, 2.45) is 26.1 Å². The number of aliphatic imine (C=N–C) groups is 1. The van der Waals surface area contributed by atoms with Crippen LogP contribution in [0.3, 0.4) is 0 Å². The van der Waals surface area contributed by atoms with Gasteiger partial charge in [-0.3, -0.25) is 0 Å². The third-order valence-electron chi connectivity index (χ3n) is 4.12. The number of hydrogen-bond acceptors (Lipinski definition) is 10.